The number of benzene rings is 1. The van der Waals surface area contributed by atoms with Crippen LogP contribution in [0.3, 0.4) is 0 Å². The van der Waals surface area contributed by atoms with E-state index in [1.165, 1.54) is 11.8 Å². The van der Waals surface area contributed by atoms with Gasteiger partial charge in [-0.3, -0.25) is 57.9 Å². The monoisotopic (exact) mass is 1170 g/mol. The van der Waals surface area contributed by atoms with Gasteiger partial charge < -0.3 is 102 Å². The Morgan fingerprint density at radius 1 is 0.566 bits per heavy atom. The highest BCUT2D eigenvalue weighted by Crippen LogP contribution is 2.22. The van der Waals surface area contributed by atoms with Crippen LogP contribution >= 0.6 is 0 Å². The molecule has 0 unspecified atom stereocenters. The molecule has 2 fully saturated rings. The van der Waals surface area contributed by atoms with Crippen LogP contribution in [0.1, 0.15) is 96.0 Å². The number of carbonyl (C=O) groups excluding carboxylic acids is 9. The van der Waals surface area contributed by atoms with E-state index < -0.39 is 152 Å². The predicted octanol–water partition coefficient (Wildman–Crippen LogP) is -6.88. The van der Waals surface area contributed by atoms with Gasteiger partial charge in [-0.2, -0.15) is 0 Å². The zero-order valence-electron chi connectivity index (χ0n) is 46.5. The molecule has 0 radical (unpaired) electrons. The first-order chi connectivity index (χ1) is 39.4. The fraction of sp³-hybridized carbons (Fsp3) is 0.627. The molecule has 10 atom stereocenters. The second-order valence-corrected chi connectivity index (χ2v) is 20.1. The van der Waals surface area contributed by atoms with Crippen molar-refractivity contribution in [3.05, 3.63) is 35.9 Å². The first-order valence-corrected chi connectivity index (χ1v) is 27.4. The second-order valence-electron chi connectivity index (χ2n) is 20.1. The van der Waals surface area contributed by atoms with Gasteiger partial charge in [-0.15, -0.1) is 0 Å². The Morgan fingerprint density at radius 2 is 1.04 bits per heavy atom. The fourth-order valence-corrected chi connectivity index (χ4v) is 9.19. The third-order valence-corrected chi connectivity index (χ3v) is 13.7. The Balaban J connectivity index is 1.75. The summed E-state index contributed by atoms with van der Waals surface area (Å²) in [5.74, 6) is -11.1. The molecule has 0 aliphatic carbocycles. The lowest BCUT2D eigenvalue weighted by atomic mass is 10.0. The van der Waals surface area contributed by atoms with Crippen LogP contribution in [0.4, 0.5) is 0 Å². The Morgan fingerprint density at radius 3 is 1.55 bits per heavy atom. The van der Waals surface area contributed by atoms with E-state index in [4.69, 9.17) is 34.4 Å². The van der Waals surface area contributed by atoms with E-state index in [2.05, 4.69) is 47.2 Å². The number of aliphatic hydroxyl groups excluding tert-OH is 2. The number of aliphatic hydroxyl groups is 2. The molecule has 32 heteroatoms. The minimum atomic E-state index is -1.77. The quantitative estimate of drug-likeness (QED) is 0.0169. The summed E-state index contributed by atoms with van der Waals surface area (Å²) in [6, 6.07) is -5.74. The first kappa shape index (κ1) is 69.0. The molecule has 9 amide bonds. The van der Waals surface area contributed by atoms with Crippen LogP contribution in [0.2, 0.25) is 0 Å². The molecule has 0 spiro atoms. The molecule has 3 rings (SSSR count). The topological polar surface area (TPSA) is 540 Å². The number of guanidine groups is 2. The SMILES string of the molecule is C[C@H](NC(=O)[C@H](CCC(=O)O)NC(=O)[C@@H]1CCCN1C(=O)[C@@H](N)CCCCN)C(=O)N[C@@H](CO)C(=O)N[C@@H](Cc1ccccc1)C(=O)N[C@@H](CO)C(=O)N1CCC[C@H]1C(=O)N[C@@H](CCCN=C(N)N)C(=O)N[C@@H](CCCN=C(N)N)C(=O)O. The van der Waals surface area contributed by atoms with Crippen molar-refractivity contribution in [2.75, 3.05) is 45.9 Å². The standard InChI is InChI=1S/C51H83N17O15/c1-28(60-41(74)32(18-19-39(71)72)62-45(78)37-16-9-23-67(37)47(80)30(53)13-5-6-20-52)40(73)65-35(26-69)44(77)64-34(25-29-11-3-2-4-12-29)43(76)66-36(27-70)48(81)68-24-10-17-38(68)46(79)61-31(14-7-21-58-50(54)55)42(75)63-33(49(82)83)15-8-22-59-51(56)57/h2-4,11-12,28,30-38,69-70H,5-10,13-27,52-53H2,1H3,(H,60,74)(H,61,79)(H,62,78)(H,63,75)(H,64,77)(H,65,73)(H,66,76)(H,71,72)(H,82,83)(H4,54,55,58)(H4,56,57,59)/t28-,30-,31-,32-,33-,34-,35-,36-,37-,38-/m0/s1. The summed E-state index contributed by atoms with van der Waals surface area (Å²) in [5.41, 5.74) is 33.7. The molecule has 23 N–H and O–H groups in total. The van der Waals surface area contributed by atoms with Crippen LogP contribution < -0.4 is 71.6 Å². The number of likely N-dealkylation sites (tertiary alicyclic amines) is 2. The lowest BCUT2D eigenvalue weighted by molar-refractivity contribution is -0.144. The maximum atomic E-state index is 14.1. The largest absolute Gasteiger partial charge is 0.481 e. The molecular formula is C51H83N17O15. The summed E-state index contributed by atoms with van der Waals surface area (Å²) >= 11 is 0. The lowest BCUT2D eigenvalue weighted by Crippen LogP contribution is -2.61. The molecule has 2 aliphatic heterocycles. The molecule has 1 aromatic carbocycles. The predicted molar refractivity (Wildman–Crippen MR) is 298 cm³/mol. The van der Waals surface area contributed by atoms with E-state index in [9.17, 15) is 73.2 Å². The van der Waals surface area contributed by atoms with Crippen LogP contribution in [0.15, 0.2) is 40.3 Å². The van der Waals surface area contributed by atoms with Crippen molar-refractivity contribution in [1.82, 2.24) is 47.0 Å². The molecule has 0 saturated carbocycles. The number of rotatable bonds is 36. The van der Waals surface area contributed by atoms with Crippen molar-refractivity contribution in [2.24, 2.45) is 44.4 Å². The van der Waals surface area contributed by atoms with Gasteiger partial charge in [-0.05, 0) is 89.7 Å². The lowest BCUT2D eigenvalue weighted by Gasteiger charge is -2.30. The van der Waals surface area contributed by atoms with E-state index in [1.54, 1.807) is 30.3 Å². The number of hydrogen-bond donors (Lipinski definition) is 17. The number of unbranched alkanes of at least 4 members (excludes halogenated alkanes) is 1. The highest BCUT2D eigenvalue weighted by atomic mass is 16.4. The van der Waals surface area contributed by atoms with E-state index >= 15 is 0 Å². The van der Waals surface area contributed by atoms with Gasteiger partial charge in [0.25, 0.3) is 0 Å². The minimum Gasteiger partial charge on any atom is -0.481 e. The smallest absolute Gasteiger partial charge is 0.326 e. The molecule has 2 heterocycles. The van der Waals surface area contributed by atoms with E-state index in [-0.39, 0.29) is 89.5 Å². The molecule has 462 valence electrons. The number of nitrogens with one attached hydrogen (secondary N) is 7. The third-order valence-electron chi connectivity index (χ3n) is 13.7. The van der Waals surface area contributed by atoms with Gasteiger partial charge in [0, 0.05) is 39.0 Å². The van der Waals surface area contributed by atoms with E-state index in [0.29, 0.717) is 37.8 Å². The molecule has 83 heavy (non-hydrogen) atoms. The zero-order chi connectivity index (χ0) is 61.8. The Hall–Kier alpha value is -8.23. The number of aliphatic imine (C=N–C) groups is 2. The number of hydrogen-bond acceptors (Lipinski definition) is 17. The summed E-state index contributed by atoms with van der Waals surface area (Å²) in [6.07, 6.45) is 1.54. The van der Waals surface area contributed by atoms with Crippen LogP contribution in [0.5, 0.6) is 0 Å². The van der Waals surface area contributed by atoms with Gasteiger partial charge in [0.1, 0.15) is 54.4 Å². The Kier molecular flexibility index (Phi) is 29.6. The first-order valence-electron chi connectivity index (χ1n) is 27.4. The second kappa shape index (κ2) is 35.6. The van der Waals surface area contributed by atoms with E-state index in [1.807, 2.05) is 0 Å². The van der Waals surface area contributed by atoms with Crippen molar-refractivity contribution < 1.29 is 73.2 Å². The third kappa shape index (κ3) is 23.3. The molecule has 2 aliphatic rings. The van der Waals surface area contributed by atoms with Gasteiger partial charge in [0.05, 0.1) is 19.3 Å². The summed E-state index contributed by atoms with van der Waals surface area (Å²) in [7, 11) is 0. The van der Waals surface area contributed by atoms with Crippen molar-refractivity contribution in [3.63, 3.8) is 0 Å². The van der Waals surface area contributed by atoms with Crippen LogP contribution in [0, 0.1) is 0 Å². The highest BCUT2D eigenvalue weighted by molar-refractivity contribution is 5.99. The van der Waals surface area contributed by atoms with Crippen molar-refractivity contribution in [3.8, 4) is 0 Å². The molecule has 0 aromatic heterocycles. The summed E-state index contributed by atoms with van der Waals surface area (Å²) < 4.78 is 0. The number of nitrogens with zero attached hydrogens (tertiary/aromatic N) is 4. The molecule has 1 aromatic rings. The molecule has 2 saturated heterocycles. The van der Waals surface area contributed by atoms with Crippen LogP contribution in [0.25, 0.3) is 0 Å². The summed E-state index contributed by atoms with van der Waals surface area (Å²) in [4.78, 5) is 157. The average molecular weight is 1170 g/mol. The molecule has 32 nitrogen and oxygen atoms in total. The molecular weight excluding hydrogens is 1090 g/mol. The van der Waals surface area contributed by atoms with Gasteiger partial charge in [0.15, 0.2) is 11.9 Å². The van der Waals surface area contributed by atoms with Crippen molar-refractivity contribution in [1.29, 1.82) is 0 Å². The summed E-state index contributed by atoms with van der Waals surface area (Å²) in [6.45, 7) is -0.127. The number of amides is 9. The number of carbonyl (C=O) groups is 11. The van der Waals surface area contributed by atoms with Gasteiger partial charge in [0.2, 0.25) is 53.2 Å². The van der Waals surface area contributed by atoms with Gasteiger partial charge in [-0.25, -0.2) is 4.79 Å². The zero-order valence-corrected chi connectivity index (χ0v) is 46.5. The average Bonchev–Trinajstić information content (AvgIpc) is 4.31. The van der Waals surface area contributed by atoms with Gasteiger partial charge in [-0.1, -0.05) is 36.8 Å². The maximum absolute atomic E-state index is 14.1. The highest BCUT2D eigenvalue weighted by Gasteiger charge is 2.41. The maximum Gasteiger partial charge on any atom is 0.326 e. The van der Waals surface area contributed by atoms with Crippen molar-refractivity contribution in [2.45, 2.75) is 157 Å². The fourth-order valence-electron chi connectivity index (χ4n) is 9.19. The Bertz CT molecular complexity index is 2450. The normalized spacial score (nSPS) is 17.6. The summed E-state index contributed by atoms with van der Waals surface area (Å²) in [5, 5.41) is 57.1. The number of nitrogens with two attached hydrogens (primary N) is 6. The minimum absolute atomic E-state index is 0.0341. The van der Waals surface area contributed by atoms with Gasteiger partial charge >= 0.3 is 11.9 Å². The van der Waals surface area contributed by atoms with E-state index in [0.717, 1.165) is 4.90 Å². The number of aliphatic carboxylic acids is 2. The number of carboxylic acid groups (broad SMARTS) is 2. The molecule has 0 bridgehead atoms. The Labute approximate surface area is 479 Å². The van der Waals surface area contributed by atoms with Crippen LogP contribution in [-0.4, -0.2) is 214 Å². The van der Waals surface area contributed by atoms with Crippen LogP contribution in [-0.2, 0) is 59.2 Å². The van der Waals surface area contributed by atoms with Crippen molar-refractivity contribution >= 4 is 77.0 Å². The number of carboxylic acids is 2.